The van der Waals surface area contributed by atoms with Crippen LogP contribution in [0.5, 0.6) is 0 Å². The molecular formula is C12H20N4O3S. The molecule has 1 aliphatic carbocycles. The van der Waals surface area contributed by atoms with E-state index in [0.29, 0.717) is 5.69 Å². The number of aromatic amines is 1. The first kappa shape index (κ1) is 15.0. The van der Waals surface area contributed by atoms with Crippen molar-refractivity contribution in [2.75, 3.05) is 7.05 Å². The van der Waals surface area contributed by atoms with E-state index in [-0.39, 0.29) is 22.5 Å². The summed E-state index contributed by atoms with van der Waals surface area (Å²) in [7, 11) is -2.33. The zero-order valence-electron chi connectivity index (χ0n) is 11.9. The molecule has 1 fully saturated rings. The van der Waals surface area contributed by atoms with Gasteiger partial charge in [-0.3, -0.25) is 9.89 Å². The Hall–Kier alpha value is -1.41. The van der Waals surface area contributed by atoms with Gasteiger partial charge in [0.15, 0.2) is 5.69 Å². The molecule has 0 unspecified atom stereocenters. The van der Waals surface area contributed by atoms with Crippen LogP contribution in [0.4, 0.5) is 0 Å². The van der Waals surface area contributed by atoms with Crippen LogP contribution in [-0.2, 0) is 10.0 Å². The number of nitrogens with zero attached hydrogens (tertiary/aromatic N) is 2. The Labute approximate surface area is 118 Å². The van der Waals surface area contributed by atoms with Crippen LogP contribution >= 0.6 is 0 Å². The smallest absolute Gasteiger partial charge is 0.275 e. The van der Waals surface area contributed by atoms with Crippen molar-refractivity contribution in [3.63, 3.8) is 0 Å². The Bertz CT molecular complexity index is 617. The Morgan fingerprint density at radius 2 is 2.05 bits per heavy atom. The minimum absolute atomic E-state index is 0.106. The third kappa shape index (κ3) is 2.57. The van der Waals surface area contributed by atoms with E-state index in [2.05, 4.69) is 10.2 Å². The number of amides is 1. The van der Waals surface area contributed by atoms with Crippen molar-refractivity contribution in [2.24, 2.45) is 5.14 Å². The third-order valence-corrected chi connectivity index (χ3v) is 4.74. The van der Waals surface area contributed by atoms with Gasteiger partial charge in [0.1, 0.15) is 4.90 Å². The van der Waals surface area contributed by atoms with E-state index in [0.717, 1.165) is 19.3 Å². The molecular weight excluding hydrogens is 280 g/mol. The van der Waals surface area contributed by atoms with Gasteiger partial charge < -0.3 is 4.90 Å². The zero-order valence-corrected chi connectivity index (χ0v) is 12.7. The first-order chi connectivity index (χ1) is 9.23. The number of primary sulfonamides is 1. The molecule has 1 aromatic heterocycles. The number of carbonyl (C=O) groups excluding carboxylic acids is 1. The summed E-state index contributed by atoms with van der Waals surface area (Å²) >= 11 is 0. The van der Waals surface area contributed by atoms with E-state index in [9.17, 15) is 13.2 Å². The molecule has 2 rings (SSSR count). The van der Waals surface area contributed by atoms with Crippen molar-refractivity contribution in [3.05, 3.63) is 11.4 Å². The van der Waals surface area contributed by atoms with Crippen LogP contribution in [0, 0.1) is 0 Å². The molecule has 1 aliphatic rings. The van der Waals surface area contributed by atoms with Gasteiger partial charge in [0.2, 0.25) is 10.0 Å². The standard InChI is InChI=1S/C12H20N4O3S/c1-7(2)9-11(20(13,18)19)10(15-14-9)12(17)16(3)8-5-4-6-8/h7-8H,4-6H2,1-3H3,(H,14,15)(H2,13,18,19). The van der Waals surface area contributed by atoms with Gasteiger partial charge in [-0.25, -0.2) is 13.6 Å². The summed E-state index contributed by atoms with van der Waals surface area (Å²) in [5, 5.41) is 11.8. The number of carbonyl (C=O) groups is 1. The van der Waals surface area contributed by atoms with E-state index in [4.69, 9.17) is 5.14 Å². The zero-order chi connectivity index (χ0) is 15.1. The first-order valence-electron chi connectivity index (χ1n) is 6.61. The molecule has 3 N–H and O–H groups in total. The summed E-state index contributed by atoms with van der Waals surface area (Å²) in [6, 6.07) is 0.162. The molecule has 0 bridgehead atoms. The van der Waals surface area contributed by atoms with Crippen LogP contribution < -0.4 is 5.14 Å². The molecule has 112 valence electrons. The second-order valence-corrected chi connectivity index (χ2v) is 7.01. The van der Waals surface area contributed by atoms with E-state index in [1.54, 1.807) is 11.9 Å². The highest BCUT2D eigenvalue weighted by atomic mass is 32.2. The molecule has 7 nitrogen and oxygen atoms in total. The summed E-state index contributed by atoms with van der Waals surface area (Å²) in [6.07, 6.45) is 2.96. The van der Waals surface area contributed by atoms with Gasteiger partial charge in [-0.2, -0.15) is 5.10 Å². The van der Waals surface area contributed by atoms with Gasteiger partial charge in [-0.15, -0.1) is 0 Å². The summed E-state index contributed by atoms with van der Waals surface area (Å²) in [4.78, 5) is 13.8. The van der Waals surface area contributed by atoms with Crippen LogP contribution in [0.1, 0.15) is 55.2 Å². The second-order valence-electron chi connectivity index (χ2n) is 5.52. The van der Waals surface area contributed by atoms with E-state index in [1.807, 2.05) is 13.8 Å². The highest BCUT2D eigenvalue weighted by Gasteiger charge is 2.33. The molecule has 0 saturated heterocycles. The van der Waals surface area contributed by atoms with Crippen molar-refractivity contribution in [1.29, 1.82) is 0 Å². The quantitative estimate of drug-likeness (QED) is 0.857. The number of sulfonamides is 1. The van der Waals surface area contributed by atoms with E-state index >= 15 is 0 Å². The molecule has 0 aromatic carbocycles. The van der Waals surface area contributed by atoms with Gasteiger partial charge in [0.25, 0.3) is 5.91 Å². The number of aromatic nitrogens is 2. The summed E-state index contributed by atoms with van der Waals surface area (Å²) in [5.41, 5.74) is 0.267. The van der Waals surface area contributed by atoms with Gasteiger partial charge >= 0.3 is 0 Å². The number of hydrogen-bond acceptors (Lipinski definition) is 4. The van der Waals surface area contributed by atoms with Crippen molar-refractivity contribution in [1.82, 2.24) is 15.1 Å². The number of nitrogens with two attached hydrogens (primary N) is 1. The first-order valence-corrected chi connectivity index (χ1v) is 8.16. The Kier molecular flexibility index (Phi) is 3.88. The highest BCUT2D eigenvalue weighted by Crippen LogP contribution is 2.28. The number of H-pyrrole nitrogens is 1. The third-order valence-electron chi connectivity index (χ3n) is 3.76. The average Bonchev–Trinajstić information content (AvgIpc) is 2.69. The van der Waals surface area contributed by atoms with Crippen LogP contribution in [0.15, 0.2) is 4.90 Å². The fourth-order valence-corrected chi connectivity index (χ4v) is 3.27. The maximum absolute atomic E-state index is 12.4. The highest BCUT2D eigenvalue weighted by molar-refractivity contribution is 7.89. The molecule has 1 aromatic rings. The minimum atomic E-state index is -4.00. The molecule has 1 heterocycles. The fraction of sp³-hybridized carbons (Fsp3) is 0.667. The molecule has 0 radical (unpaired) electrons. The molecule has 8 heteroatoms. The summed E-state index contributed by atoms with van der Waals surface area (Å²) < 4.78 is 23.5. The molecule has 0 atom stereocenters. The van der Waals surface area contributed by atoms with Crippen molar-refractivity contribution in [2.45, 2.75) is 50.0 Å². The second kappa shape index (κ2) is 5.17. The van der Waals surface area contributed by atoms with Gasteiger partial charge in [0, 0.05) is 13.1 Å². The Morgan fingerprint density at radius 3 is 2.45 bits per heavy atom. The maximum Gasteiger partial charge on any atom is 0.275 e. The fourth-order valence-electron chi connectivity index (χ4n) is 2.28. The largest absolute Gasteiger partial charge is 0.337 e. The lowest BCUT2D eigenvalue weighted by Crippen LogP contribution is -2.42. The summed E-state index contributed by atoms with van der Waals surface area (Å²) in [5.74, 6) is -0.520. The van der Waals surface area contributed by atoms with Gasteiger partial charge in [-0.05, 0) is 25.2 Å². The maximum atomic E-state index is 12.4. The van der Waals surface area contributed by atoms with Crippen LogP contribution in [0.2, 0.25) is 0 Å². The monoisotopic (exact) mass is 300 g/mol. The van der Waals surface area contributed by atoms with Crippen LogP contribution in [-0.4, -0.2) is 42.5 Å². The minimum Gasteiger partial charge on any atom is -0.337 e. The predicted molar refractivity (Wildman–Crippen MR) is 73.8 cm³/mol. The SMILES string of the molecule is CC(C)c1[nH]nc(C(=O)N(C)C2CCC2)c1S(N)(=O)=O. The van der Waals surface area contributed by atoms with E-state index in [1.165, 1.54) is 0 Å². The number of hydrogen-bond donors (Lipinski definition) is 2. The van der Waals surface area contributed by atoms with Crippen molar-refractivity contribution < 1.29 is 13.2 Å². The normalized spacial score (nSPS) is 16.2. The number of nitrogens with one attached hydrogen (secondary N) is 1. The predicted octanol–water partition coefficient (Wildman–Crippen LogP) is 0.805. The van der Waals surface area contributed by atoms with Gasteiger partial charge in [0.05, 0.1) is 5.69 Å². The van der Waals surface area contributed by atoms with Crippen LogP contribution in [0.25, 0.3) is 0 Å². The molecule has 0 aliphatic heterocycles. The van der Waals surface area contributed by atoms with Gasteiger partial charge in [-0.1, -0.05) is 13.8 Å². The molecule has 20 heavy (non-hydrogen) atoms. The van der Waals surface area contributed by atoms with Crippen molar-refractivity contribution >= 4 is 15.9 Å². The van der Waals surface area contributed by atoms with Crippen LogP contribution in [0.3, 0.4) is 0 Å². The molecule has 0 spiro atoms. The average molecular weight is 300 g/mol. The van der Waals surface area contributed by atoms with Crippen molar-refractivity contribution in [3.8, 4) is 0 Å². The Morgan fingerprint density at radius 1 is 1.45 bits per heavy atom. The lowest BCUT2D eigenvalue weighted by atomic mass is 9.91. The lowest BCUT2D eigenvalue weighted by molar-refractivity contribution is 0.0642. The number of rotatable bonds is 4. The molecule has 1 amide bonds. The lowest BCUT2D eigenvalue weighted by Gasteiger charge is -2.34. The van der Waals surface area contributed by atoms with E-state index < -0.39 is 15.9 Å². The molecule has 1 saturated carbocycles. The Balaban J connectivity index is 2.44. The summed E-state index contributed by atoms with van der Waals surface area (Å²) in [6.45, 7) is 3.62. The topological polar surface area (TPSA) is 109 Å².